The van der Waals surface area contributed by atoms with Gasteiger partial charge in [0.1, 0.15) is 0 Å². The molecule has 0 bridgehead atoms. The summed E-state index contributed by atoms with van der Waals surface area (Å²) in [6, 6.07) is 8.02. The third-order valence-electron chi connectivity index (χ3n) is 5.36. The second-order valence-corrected chi connectivity index (χ2v) is 8.04. The van der Waals surface area contributed by atoms with Gasteiger partial charge in [-0.1, -0.05) is 31.5 Å². The van der Waals surface area contributed by atoms with E-state index in [1.807, 2.05) is 49.7 Å². The van der Waals surface area contributed by atoms with Gasteiger partial charge in [0.05, 0.1) is 28.6 Å². The van der Waals surface area contributed by atoms with Crippen LogP contribution in [0.5, 0.6) is 0 Å². The van der Waals surface area contributed by atoms with E-state index < -0.39 is 11.4 Å². The number of hydrogen-bond acceptors (Lipinski definition) is 3. The van der Waals surface area contributed by atoms with Crippen LogP contribution in [0, 0.1) is 12.3 Å². The fraction of sp³-hybridized carbons (Fsp3) is 0.476. The summed E-state index contributed by atoms with van der Waals surface area (Å²) in [5, 5.41) is 14.0. The van der Waals surface area contributed by atoms with Crippen molar-refractivity contribution in [1.29, 1.82) is 0 Å². The molecule has 0 radical (unpaired) electrons. The van der Waals surface area contributed by atoms with Crippen LogP contribution >= 0.6 is 0 Å². The predicted octanol–water partition coefficient (Wildman–Crippen LogP) is 3.63. The van der Waals surface area contributed by atoms with E-state index in [-0.39, 0.29) is 18.4 Å². The fourth-order valence-electron chi connectivity index (χ4n) is 3.73. The molecule has 1 aromatic heterocycles. The van der Waals surface area contributed by atoms with Gasteiger partial charge < -0.3 is 10.0 Å². The number of carbonyl (C=O) groups excluding carboxylic acids is 1. The molecule has 2 aromatic rings. The lowest BCUT2D eigenvalue weighted by Gasteiger charge is -2.37. The Hall–Kier alpha value is -2.63. The third kappa shape index (κ3) is 3.61. The molecule has 0 saturated carbocycles. The Morgan fingerprint density at radius 2 is 1.89 bits per heavy atom. The molecule has 6 nitrogen and oxygen atoms in total. The molecule has 1 N–H and O–H groups in total. The Bertz CT molecular complexity index is 854. The molecule has 0 spiro atoms. The maximum Gasteiger partial charge on any atom is 0.311 e. The molecule has 1 fully saturated rings. The molecule has 1 aliphatic rings. The summed E-state index contributed by atoms with van der Waals surface area (Å²) < 4.78 is 1.82. The van der Waals surface area contributed by atoms with Crippen molar-refractivity contribution in [3.05, 3.63) is 47.3 Å². The van der Waals surface area contributed by atoms with Crippen LogP contribution in [-0.4, -0.2) is 44.8 Å². The summed E-state index contributed by atoms with van der Waals surface area (Å²) in [7, 11) is 0. The molecule has 1 amide bonds. The topological polar surface area (TPSA) is 75.4 Å². The first kappa shape index (κ1) is 19.1. The summed E-state index contributed by atoms with van der Waals surface area (Å²) in [6.45, 7) is 8.63. The zero-order valence-electron chi connectivity index (χ0n) is 16.4. The number of piperidine rings is 1. The molecule has 2 heterocycles. The summed E-state index contributed by atoms with van der Waals surface area (Å²) >= 11 is 0. The van der Waals surface area contributed by atoms with Crippen LogP contribution in [-0.2, 0) is 4.79 Å². The minimum atomic E-state index is -0.890. The highest BCUT2D eigenvalue weighted by Crippen LogP contribution is 2.32. The van der Waals surface area contributed by atoms with Crippen molar-refractivity contribution in [3.8, 4) is 5.69 Å². The first-order valence-corrected chi connectivity index (χ1v) is 9.40. The van der Waals surface area contributed by atoms with Crippen LogP contribution in [0.1, 0.15) is 61.1 Å². The number of aryl methyl sites for hydroxylation is 1. The standard InChI is InChI=1S/C21H27N3O3/c1-14(2)18-17(12-22-24(18)16-8-6-15(3)7-9-16)19(25)23-11-5-10-21(4,13-23)20(26)27/h6-9,12,14H,5,10-11,13H2,1-4H3,(H,26,27). The lowest BCUT2D eigenvalue weighted by molar-refractivity contribution is -0.150. The van der Waals surface area contributed by atoms with Gasteiger partial charge in [0.15, 0.2) is 0 Å². The minimum absolute atomic E-state index is 0.100. The van der Waals surface area contributed by atoms with Crippen molar-refractivity contribution in [2.45, 2.75) is 46.5 Å². The van der Waals surface area contributed by atoms with Crippen LogP contribution in [0.2, 0.25) is 0 Å². The third-order valence-corrected chi connectivity index (χ3v) is 5.36. The number of likely N-dealkylation sites (tertiary alicyclic amines) is 1. The molecule has 0 aliphatic carbocycles. The van der Waals surface area contributed by atoms with E-state index in [1.165, 1.54) is 0 Å². The Morgan fingerprint density at radius 3 is 2.48 bits per heavy atom. The molecule has 1 saturated heterocycles. The molecule has 1 aromatic carbocycles. The fourth-order valence-corrected chi connectivity index (χ4v) is 3.73. The van der Waals surface area contributed by atoms with Gasteiger partial charge >= 0.3 is 5.97 Å². The SMILES string of the molecule is Cc1ccc(-n2ncc(C(=O)N3CCCC(C)(C(=O)O)C3)c2C(C)C)cc1. The Balaban J connectivity index is 1.96. The molecule has 1 atom stereocenters. The normalized spacial score (nSPS) is 20.1. The summed E-state index contributed by atoms with van der Waals surface area (Å²) in [5.41, 5.74) is 2.59. The van der Waals surface area contributed by atoms with E-state index >= 15 is 0 Å². The average molecular weight is 369 g/mol. The molecule has 6 heteroatoms. The highest BCUT2D eigenvalue weighted by Gasteiger charge is 2.40. The van der Waals surface area contributed by atoms with E-state index in [1.54, 1.807) is 18.0 Å². The molecular formula is C21H27N3O3. The number of benzene rings is 1. The number of aromatic nitrogens is 2. The van der Waals surface area contributed by atoms with Crippen molar-refractivity contribution in [3.63, 3.8) is 0 Å². The highest BCUT2D eigenvalue weighted by atomic mass is 16.4. The number of carbonyl (C=O) groups is 2. The van der Waals surface area contributed by atoms with Gasteiger partial charge in [-0.3, -0.25) is 9.59 Å². The Morgan fingerprint density at radius 1 is 1.22 bits per heavy atom. The lowest BCUT2D eigenvalue weighted by Crippen LogP contribution is -2.48. The van der Waals surface area contributed by atoms with Crippen molar-refractivity contribution in [2.24, 2.45) is 5.41 Å². The Labute approximate surface area is 159 Å². The molecule has 1 unspecified atom stereocenters. The zero-order chi connectivity index (χ0) is 19.8. The predicted molar refractivity (Wildman–Crippen MR) is 103 cm³/mol. The Kier molecular flexibility index (Phi) is 5.09. The number of aliphatic carboxylic acids is 1. The van der Waals surface area contributed by atoms with Crippen LogP contribution in [0.15, 0.2) is 30.5 Å². The molecule has 144 valence electrons. The second-order valence-electron chi connectivity index (χ2n) is 8.04. The smallest absolute Gasteiger partial charge is 0.311 e. The van der Waals surface area contributed by atoms with Crippen molar-refractivity contribution in [2.75, 3.05) is 13.1 Å². The van der Waals surface area contributed by atoms with Crippen LogP contribution in [0.4, 0.5) is 0 Å². The number of carboxylic acids is 1. The van der Waals surface area contributed by atoms with Gasteiger partial charge in [-0.15, -0.1) is 0 Å². The lowest BCUT2D eigenvalue weighted by atomic mass is 9.82. The average Bonchev–Trinajstić information content (AvgIpc) is 3.07. The first-order valence-electron chi connectivity index (χ1n) is 9.40. The van der Waals surface area contributed by atoms with Crippen molar-refractivity contribution in [1.82, 2.24) is 14.7 Å². The molecule has 3 rings (SSSR count). The first-order chi connectivity index (χ1) is 12.7. The molecule has 1 aliphatic heterocycles. The van der Waals surface area contributed by atoms with Crippen LogP contribution in [0.25, 0.3) is 5.69 Å². The quantitative estimate of drug-likeness (QED) is 0.893. The van der Waals surface area contributed by atoms with Crippen LogP contribution in [0.3, 0.4) is 0 Å². The van der Waals surface area contributed by atoms with Gasteiger partial charge in [-0.25, -0.2) is 4.68 Å². The number of amides is 1. The number of carboxylic acid groups (broad SMARTS) is 1. The summed E-state index contributed by atoms with van der Waals surface area (Å²) in [5.74, 6) is -0.882. The summed E-state index contributed by atoms with van der Waals surface area (Å²) in [6.07, 6.45) is 2.90. The van der Waals surface area contributed by atoms with Gasteiger partial charge in [0.2, 0.25) is 0 Å². The number of nitrogens with zero attached hydrogens (tertiary/aromatic N) is 3. The molecule has 27 heavy (non-hydrogen) atoms. The zero-order valence-corrected chi connectivity index (χ0v) is 16.4. The largest absolute Gasteiger partial charge is 0.481 e. The van der Waals surface area contributed by atoms with Gasteiger partial charge in [-0.2, -0.15) is 5.10 Å². The number of hydrogen-bond donors (Lipinski definition) is 1. The van der Waals surface area contributed by atoms with E-state index in [0.717, 1.165) is 16.9 Å². The maximum absolute atomic E-state index is 13.2. The summed E-state index contributed by atoms with van der Waals surface area (Å²) in [4.78, 5) is 26.5. The highest BCUT2D eigenvalue weighted by molar-refractivity contribution is 5.96. The maximum atomic E-state index is 13.2. The van der Waals surface area contributed by atoms with Crippen LogP contribution < -0.4 is 0 Å². The van der Waals surface area contributed by atoms with Crippen molar-refractivity contribution < 1.29 is 14.7 Å². The van der Waals surface area contributed by atoms with Crippen molar-refractivity contribution >= 4 is 11.9 Å². The van der Waals surface area contributed by atoms with Gasteiger partial charge in [0, 0.05) is 13.1 Å². The molecular weight excluding hydrogens is 342 g/mol. The van der Waals surface area contributed by atoms with Gasteiger partial charge in [-0.05, 0) is 44.7 Å². The minimum Gasteiger partial charge on any atom is -0.481 e. The monoisotopic (exact) mass is 369 g/mol. The number of rotatable bonds is 4. The van der Waals surface area contributed by atoms with E-state index in [2.05, 4.69) is 5.10 Å². The second kappa shape index (κ2) is 7.18. The van der Waals surface area contributed by atoms with Gasteiger partial charge in [0.25, 0.3) is 5.91 Å². The van der Waals surface area contributed by atoms with E-state index in [4.69, 9.17) is 0 Å². The van der Waals surface area contributed by atoms with E-state index in [9.17, 15) is 14.7 Å². The van der Waals surface area contributed by atoms with E-state index in [0.29, 0.717) is 24.9 Å².